The molecule has 0 amide bonds. The molecule has 2 N–H and O–H groups in total. The van der Waals surface area contributed by atoms with Crippen LogP contribution in [0.25, 0.3) is 0 Å². The largest absolute Gasteiger partial charge is 0.494 e. The highest BCUT2D eigenvalue weighted by molar-refractivity contribution is 5.79. The van der Waals surface area contributed by atoms with E-state index in [0.29, 0.717) is 31.5 Å². The molecule has 2 heterocycles. The first-order valence-electron chi connectivity index (χ1n) is 9.51. The van der Waals surface area contributed by atoms with Gasteiger partial charge in [-0.25, -0.2) is 4.98 Å². The van der Waals surface area contributed by atoms with Crippen molar-refractivity contribution in [3.63, 3.8) is 0 Å². The number of nitrogens with zero attached hydrogens (tertiary/aromatic N) is 2. The normalized spacial score (nSPS) is 15.6. The molecule has 150 valence electrons. The quantitative estimate of drug-likeness (QED) is 0.565. The van der Waals surface area contributed by atoms with Gasteiger partial charge in [0.25, 0.3) is 0 Å². The van der Waals surface area contributed by atoms with Crippen LogP contribution >= 0.6 is 0 Å². The first-order valence-corrected chi connectivity index (χ1v) is 9.51. The van der Waals surface area contributed by atoms with E-state index in [1.165, 1.54) is 5.56 Å². The molecule has 2 aromatic rings. The summed E-state index contributed by atoms with van der Waals surface area (Å²) in [5, 5.41) is 6.64. The van der Waals surface area contributed by atoms with Crippen LogP contribution in [-0.2, 0) is 19.5 Å². The third kappa shape index (κ3) is 4.85. The molecule has 0 radical (unpaired) electrons. The summed E-state index contributed by atoms with van der Waals surface area (Å²) in [6, 6.07) is 8.00. The van der Waals surface area contributed by atoms with Crippen LogP contribution in [0.15, 0.2) is 35.5 Å². The zero-order chi connectivity index (χ0) is 19.9. The van der Waals surface area contributed by atoms with Crippen LogP contribution in [0.5, 0.6) is 17.4 Å². The average molecular weight is 384 g/mol. The van der Waals surface area contributed by atoms with Crippen molar-refractivity contribution in [3.8, 4) is 17.4 Å². The molecule has 0 saturated carbocycles. The summed E-state index contributed by atoms with van der Waals surface area (Å²) in [6.07, 6.45) is 2.85. The fourth-order valence-corrected chi connectivity index (χ4v) is 3.17. The maximum Gasteiger partial charge on any atom is 0.213 e. The molecule has 0 spiro atoms. The van der Waals surface area contributed by atoms with Crippen LogP contribution in [0.2, 0.25) is 0 Å². The van der Waals surface area contributed by atoms with Crippen LogP contribution in [0.3, 0.4) is 0 Å². The number of nitrogens with one attached hydrogen (secondary N) is 2. The topological polar surface area (TPSA) is 77.0 Å². The fourth-order valence-electron chi connectivity index (χ4n) is 3.17. The van der Waals surface area contributed by atoms with Crippen LogP contribution in [0.4, 0.5) is 0 Å². The summed E-state index contributed by atoms with van der Waals surface area (Å²) in [5.74, 6) is 3.13. The zero-order valence-electron chi connectivity index (χ0n) is 16.9. The Labute approximate surface area is 166 Å². The number of guanidine groups is 1. The van der Waals surface area contributed by atoms with Crippen LogP contribution in [-0.4, -0.2) is 37.8 Å². The Morgan fingerprint density at radius 2 is 2.11 bits per heavy atom. The van der Waals surface area contributed by atoms with Crippen molar-refractivity contribution < 1.29 is 14.2 Å². The number of benzene rings is 1. The highest BCUT2D eigenvalue weighted by atomic mass is 16.5. The van der Waals surface area contributed by atoms with Crippen LogP contribution < -0.4 is 24.8 Å². The standard InChI is InChI=1S/C21H28N4O3/c1-5-27-18-10-16-8-14(2)28-19(16)11-17(18)13-25-21(22-3)24-12-15-6-7-23-20(9-15)26-4/h6-7,9-11,14H,5,8,12-13H2,1-4H3,(H2,22,24,25). The Kier molecular flexibility index (Phi) is 6.57. The molecule has 1 aromatic heterocycles. The smallest absolute Gasteiger partial charge is 0.213 e. The summed E-state index contributed by atoms with van der Waals surface area (Å²) < 4.78 is 16.9. The molecule has 1 unspecified atom stereocenters. The predicted molar refractivity (Wildman–Crippen MR) is 109 cm³/mol. The van der Waals surface area contributed by atoms with E-state index in [1.807, 2.05) is 19.1 Å². The van der Waals surface area contributed by atoms with E-state index in [4.69, 9.17) is 14.2 Å². The Morgan fingerprint density at radius 1 is 1.29 bits per heavy atom. The van der Waals surface area contributed by atoms with E-state index in [9.17, 15) is 0 Å². The van der Waals surface area contributed by atoms with Gasteiger partial charge >= 0.3 is 0 Å². The van der Waals surface area contributed by atoms with E-state index in [2.05, 4.69) is 39.7 Å². The van der Waals surface area contributed by atoms with Crippen LogP contribution in [0, 0.1) is 0 Å². The summed E-state index contributed by atoms with van der Waals surface area (Å²) in [6.45, 7) is 5.89. The number of hydrogen-bond donors (Lipinski definition) is 2. The third-order valence-corrected chi connectivity index (χ3v) is 4.52. The number of aliphatic imine (C=N–C) groups is 1. The Bertz CT molecular complexity index is 838. The molecule has 0 saturated heterocycles. The lowest BCUT2D eigenvalue weighted by atomic mass is 10.1. The SMILES string of the molecule is CCOc1cc2c(cc1CNC(=NC)NCc1ccnc(OC)c1)OC(C)C2. The molecule has 1 aliphatic rings. The van der Waals surface area contributed by atoms with E-state index in [0.717, 1.165) is 29.0 Å². The first kappa shape index (κ1) is 19.8. The number of aromatic nitrogens is 1. The Hall–Kier alpha value is -2.96. The lowest BCUT2D eigenvalue weighted by Crippen LogP contribution is -2.36. The van der Waals surface area contributed by atoms with Crippen molar-refractivity contribution in [1.29, 1.82) is 0 Å². The lowest BCUT2D eigenvalue weighted by Gasteiger charge is -2.16. The van der Waals surface area contributed by atoms with E-state index < -0.39 is 0 Å². The van der Waals surface area contributed by atoms with E-state index in [-0.39, 0.29) is 6.10 Å². The lowest BCUT2D eigenvalue weighted by molar-refractivity contribution is 0.254. The Balaban J connectivity index is 1.64. The van der Waals surface area contributed by atoms with Gasteiger partial charge < -0.3 is 24.8 Å². The highest BCUT2D eigenvalue weighted by Gasteiger charge is 2.21. The predicted octanol–water partition coefficient (Wildman–Crippen LogP) is 2.68. The van der Waals surface area contributed by atoms with Gasteiger partial charge in [0, 0.05) is 49.9 Å². The first-order chi connectivity index (χ1) is 13.6. The molecule has 7 heteroatoms. The van der Waals surface area contributed by atoms with Gasteiger partial charge in [-0.15, -0.1) is 0 Å². The summed E-state index contributed by atoms with van der Waals surface area (Å²) in [7, 11) is 3.36. The molecule has 3 rings (SSSR count). The van der Waals surface area contributed by atoms with Gasteiger partial charge in [-0.1, -0.05) is 0 Å². The maximum atomic E-state index is 5.89. The van der Waals surface area contributed by atoms with Gasteiger partial charge in [0.1, 0.15) is 17.6 Å². The van der Waals surface area contributed by atoms with Gasteiger partial charge in [0.05, 0.1) is 13.7 Å². The van der Waals surface area contributed by atoms with Crippen molar-refractivity contribution in [3.05, 3.63) is 47.2 Å². The molecular formula is C21H28N4O3. The minimum atomic E-state index is 0.208. The second-order valence-electron chi connectivity index (χ2n) is 6.62. The monoisotopic (exact) mass is 384 g/mol. The molecule has 1 aliphatic heterocycles. The number of rotatable bonds is 7. The number of pyridine rings is 1. The summed E-state index contributed by atoms with van der Waals surface area (Å²) >= 11 is 0. The molecular weight excluding hydrogens is 356 g/mol. The van der Waals surface area contributed by atoms with Crippen LogP contribution in [0.1, 0.15) is 30.5 Å². The average Bonchev–Trinajstić information content (AvgIpc) is 3.07. The highest BCUT2D eigenvalue weighted by Crippen LogP contribution is 2.35. The Morgan fingerprint density at radius 3 is 2.86 bits per heavy atom. The minimum Gasteiger partial charge on any atom is -0.494 e. The molecule has 28 heavy (non-hydrogen) atoms. The van der Waals surface area contributed by atoms with Gasteiger partial charge in [0.2, 0.25) is 5.88 Å². The number of methoxy groups -OCH3 is 1. The second kappa shape index (κ2) is 9.30. The molecule has 1 atom stereocenters. The van der Waals surface area contributed by atoms with Gasteiger partial charge in [0.15, 0.2) is 5.96 Å². The molecule has 0 fully saturated rings. The summed E-state index contributed by atoms with van der Waals surface area (Å²) in [5.41, 5.74) is 3.31. The van der Waals surface area contributed by atoms with Crippen molar-refractivity contribution in [2.75, 3.05) is 20.8 Å². The van der Waals surface area contributed by atoms with Gasteiger partial charge in [-0.05, 0) is 37.6 Å². The second-order valence-corrected chi connectivity index (χ2v) is 6.62. The van der Waals surface area contributed by atoms with Crippen molar-refractivity contribution >= 4 is 5.96 Å². The third-order valence-electron chi connectivity index (χ3n) is 4.52. The van der Waals surface area contributed by atoms with E-state index >= 15 is 0 Å². The van der Waals surface area contributed by atoms with Crippen molar-refractivity contribution in [1.82, 2.24) is 15.6 Å². The minimum absolute atomic E-state index is 0.208. The zero-order valence-corrected chi connectivity index (χ0v) is 16.9. The number of ether oxygens (including phenoxy) is 3. The molecule has 0 bridgehead atoms. The van der Waals surface area contributed by atoms with Gasteiger partial charge in [-0.2, -0.15) is 0 Å². The number of fused-ring (bicyclic) bond motifs is 1. The van der Waals surface area contributed by atoms with E-state index in [1.54, 1.807) is 20.4 Å². The molecule has 1 aromatic carbocycles. The maximum absolute atomic E-state index is 5.89. The van der Waals surface area contributed by atoms with Crippen molar-refractivity contribution in [2.24, 2.45) is 4.99 Å². The number of hydrogen-bond acceptors (Lipinski definition) is 5. The van der Waals surface area contributed by atoms with Gasteiger partial charge in [-0.3, -0.25) is 4.99 Å². The molecule has 0 aliphatic carbocycles. The summed E-state index contributed by atoms with van der Waals surface area (Å²) in [4.78, 5) is 8.42. The molecule has 7 nitrogen and oxygen atoms in total. The fraction of sp³-hybridized carbons (Fsp3) is 0.429. The van der Waals surface area contributed by atoms with Crippen molar-refractivity contribution in [2.45, 2.75) is 39.5 Å².